The Morgan fingerprint density at radius 1 is 1.44 bits per heavy atom. The van der Waals surface area contributed by atoms with Gasteiger partial charge in [-0.3, -0.25) is 0 Å². The van der Waals surface area contributed by atoms with Gasteiger partial charge in [0.2, 0.25) is 0 Å². The number of hydrogen-bond acceptors (Lipinski definition) is 3. The summed E-state index contributed by atoms with van der Waals surface area (Å²) in [6.07, 6.45) is 0.874. The molecule has 18 heavy (non-hydrogen) atoms. The summed E-state index contributed by atoms with van der Waals surface area (Å²) in [7, 11) is 0. The van der Waals surface area contributed by atoms with Crippen molar-refractivity contribution < 1.29 is 4.39 Å². The largest absolute Gasteiger partial charge is 0.318 e. The average Bonchev–Trinajstić information content (AvgIpc) is 2.68. The lowest BCUT2D eigenvalue weighted by Crippen LogP contribution is -2.12. The average molecular weight is 285 g/mol. The number of thiazole rings is 1. The summed E-state index contributed by atoms with van der Waals surface area (Å²) >= 11 is 7.38. The predicted octanol–water partition coefficient (Wildman–Crippen LogP) is 3.85. The van der Waals surface area contributed by atoms with E-state index in [1.165, 1.54) is 12.1 Å². The Labute approximate surface area is 115 Å². The van der Waals surface area contributed by atoms with Crippen molar-refractivity contribution >= 4 is 22.9 Å². The number of hydrogen-bond donors (Lipinski definition) is 1. The fraction of sp³-hybridized carbons (Fsp3) is 0.308. The third-order valence-corrected chi connectivity index (χ3v) is 4.07. The Balaban J connectivity index is 2.37. The molecule has 1 aromatic carbocycles. The van der Waals surface area contributed by atoms with Gasteiger partial charge in [-0.1, -0.05) is 18.5 Å². The maximum absolute atomic E-state index is 13.3. The molecule has 2 N–H and O–H groups in total. The standard InChI is InChI=1S/C13H14ClFN2S/c1-3-11-7(2)18-13(17-11)12(16)8-4-9(14)6-10(15)5-8/h4-6,12H,3,16H2,1-2H3. The maximum atomic E-state index is 13.3. The zero-order valence-electron chi connectivity index (χ0n) is 10.2. The first-order valence-electron chi connectivity index (χ1n) is 5.69. The van der Waals surface area contributed by atoms with Crippen molar-refractivity contribution in [2.24, 2.45) is 5.73 Å². The lowest BCUT2D eigenvalue weighted by Gasteiger charge is -2.09. The molecule has 5 heteroatoms. The molecule has 0 fully saturated rings. The summed E-state index contributed by atoms with van der Waals surface area (Å²) in [5, 5.41) is 1.15. The SMILES string of the molecule is CCc1nc(C(N)c2cc(F)cc(Cl)c2)sc1C. The molecule has 0 radical (unpaired) electrons. The zero-order valence-corrected chi connectivity index (χ0v) is 11.8. The van der Waals surface area contributed by atoms with E-state index in [-0.39, 0.29) is 5.82 Å². The minimum atomic E-state index is -0.429. The first kappa shape index (κ1) is 13.5. The molecule has 0 aliphatic carbocycles. The second-order valence-corrected chi connectivity index (χ2v) is 5.76. The summed E-state index contributed by atoms with van der Waals surface area (Å²) < 4.78 is 13.3. The van der Waals surface area contributed by atoms with Crippen LogP contribution in [0.4, 0.5) is 4.39 Å². The molecule has 1 atom stereocenters. The molecule has 2 nitrogen and oxygen atoms in total. The molecule has 0 aliphatic rings. The van der Waals surface area contributed by atoms with Gasteiger partial charge in [0.1, 0.15) is 10.8 Å². The third kappa shape index (κ3) is 2.71. The van der Waals surface area contributed by atoms with Gasteiger partial charge in [-0.2, -0.15) is 0 Å². The van der Waals surface area contributed by atoms with Crippen LogP contribution in [0.2, 0.25) is 5.02 Å². The number of rotatable bonds is 3. The van der Waals surface area contributed by atoms with Gasteiger partial charge in [0.25, 0.3) is 0 Å². The number of halogens is 2. The Hall–Kier alpha value is -0.970. The minimum absolute atomic E-state index is 0.351. The second-order valence-electron chi connectivity index (χ2n) is 4.09. The molecule has 1 heterocycles. The Kier molecular flexibility index (Phi) is 4.00. The van der Waals surface area contributed by atoms with Crippen molar-refractivity contribution in [1.29, 1.82) is 0 Å². The molecular weight excluding hydrogens is 271 g/mol. The van der Waals surface area contributed by atoms with E-state index in [1.807, 2.05) is 6.92 Å². The van der Waals surface area contributed by atoms with Gasteiger partial charge in [-0.15, -0.1) is 11.3 Å². The lowest BCUT2D eigenvalue weighted by molar-refractivity contribution is 0.623. The molecule has 0 saturated carbocycles. The number of aryl methyl sites for hydroxylation is 2. The highest BCUT2D eigenvalue weighted by molar-refractivity contribution is 7.11. The fourth-order valence-electron chi connectivity index (χ4n) is 1.81. The van der Waals surface area contributed by atoms with Gasteiger partial charge in [-0.25, -0.2) is 9.37 Å². The highest BCUT2D eigenvalue weighted by Crippen LogP contribution is 2.28. The summed E-state index contributed by atoms with van der Waals surface area (Å²) in [6, 6.07) is 3.92. The summed E-state index contributed by atoms with van der Waals surface area (Å²) in [4.78, 5) is 5.65. The van der Waals surface area contributed by atoms with Crippen LogP contribution in [0.25, 0.3) is 0 Å². The van der Waals surface area contributed by atoms with Crippen molar-refractivity contribution in [1.82, 2.24) is 4.98 Å². The number of nitrogens with two attached hydrogens (primary N) is 1. The van der Waals surface area contributed by atoms with Gasteiger partial charge in [0.15, 0.2) is 0 Å². The van der Waals surface area contributed by atoms with E-state index in [4.69, 9.17) is 17.3 Å². The molecule has 96 valence electrons. The lowest BCUT2D eigenvalue weighted by atomic mass is 10.1. The smallest absolute Gasteiger partial charge is 0.125 e. The van der Waals surface area contributed by atoms with Gasteiger partial charge in [0, 0.05) is 9.90 Å². The number of benzene rings is 1. The zero-order chi connectivity index (χ0) is 13.3. The molecule has 2 aromatic rings. The van der Waals surface area contributed by atoms with E-state index < -0.39 is 6.04 Å². The Morgan fingerprint density at radius 2 is 2.17 bits per heavy atom. The molecule has 0 bridgehead atoms. The van der Waals surface area contributed by atoms with Crippen molar-refractivity contribution in [3.63, 3.8) is 0 Å². The highest BCUT2D eigenvalue weighted by Gasteiger charge is 2.16. The van der Waals surface area contributed by atoms with Crippen molar-refractivity contribution in [2.75, 3.05) is 0 Å². The first-order chi connectivity index (χ1) is 8.51. The minimum Gasteiger partial charge on any atom is -0.318 e. The van der Waals surface area contributed by atoms with E-state index >= 15 is 0 Å². The first-order valence-corrected chi connectivity index (χ1v) is 6.88. The molecule has 0 aliphatic heterocycles. The number of aromatic nitrogens is 1. The van der Waals surface area contributed by atoms with Crippen molar-refractivity contribution in [3.05, 3.63) is 50.2 Å². The molecular formula is C13H14ClFN2S. The van der Waals surface area contributed by atoms with Crippen LogP contribution < -0.4 is 5.73 Å². The van der Waals surface area contributed by atoms with E-state index in [0.29, 0.717) is 10.6 Å². The van der Waals surface area contributed by atoms with Gasteiger partial charge in [0.05, 0.1) is 11.7 Å². The fourth-order valence-corrected chi connectivity index (χ4v) is 3.08. The predicted molar refractivity (Wildman–Crippen MR) is 73.7 cm³/mol. The summed E-state index contributed by atoms with van der Waals surface area (Å²) in [5.74, 6) is -0.378. The monoisotopic (exact) mass is 284 g/mol. The molecule has 2 rings (SSSR count). The van der Waals surface area contributed by atoms with Crippen LogP contribution in [-0.4, -0.2) is 4.98 Å². The van der Waals surface area contributed by atoms with Gasteiger partial charge >= 0.3 is 0 Å². The van der Waals surface area contributed by atoms with E-state index in [1.54, 1.807) is 17.4 Å². The van der Waals surface area contributed by atoms with Crippen LogP contribution in [0.3, 0.4) is 0 Å². The molecule has 0 amide bonds. The Bertz CT molecular complexity index is 548. The third-order valence-electron chi connectivity index (χ3n) is 2.75. The van der Waals surface area contributed by atoms with Crippen LogP contribution in [-0.2, 0) is 6.42 Å². The van der Waals surface area contributed by atoms with Crippen LogP contribution in [0, 0.1) is 12.7 Å². The van der Waals surface area contributed by atoms with Crippen LogP contribution in [0.1, 0.15) is 34.1 Å². The number of nitrogens with zero attached hydrogens (tertiary/aromatic N) is 1. The normalized spacial score (nSPS) is 12.7. The van der Waals surface area contributed by atoms with E-state index in [2.05, 4.69) is 11.9 Å². The summed E-state index contributed by atoms with van der Waals surface area (Å²) in [5.41, 5.74) is 7.81. The molecule has 0 saturated heterocycles. The Morgan fingerprint density at radius 3 is 2.72 bits per heavy atom. The van der Waals surface area contributed by atoms with E-state index in [0.717, 1.165) is 22.0 Å². The van der Waals surface area contributed by atoms with Crippen molar-refractivity contribution in [2.45, 2.75) is 26.3 Å². The quantitative estimate of drug-likeness (QED) is 0.930. The van der Waals surface area contributed by atoms with Crippen molar-refractivity contribution in [3.8, 4) is 0 Å². The molecule has 0 spiro atoms. The second kappa shape index (κ2) is 5.34. The van der Waals surface area contributed by atoms with Crippen LogP contribution in [0.15, 0.2) is 18.2 Å². The van der Waals surface area contributed by atoms with Crippen LogP contribution >= 0.6 is 22.9 Å². The van der Waals surface area contributed by atoms with E-state index in [9.17, 15) is 4.39 Å². The van der Waals surface area contributed by atoms with Crippen LogP contribution in [0.5, 0.6) is 0 Å². The maximum Gasteiger partial charge on any atom is 0.125 e. The van der Waals surface area contributed by atoms with Gasteiger partial charge in [-0.05, 0) is 37.1 Å². The molecule has 1 aromatic heterocycles. The van der Waals surface area contributed by atoms with Gasteiger partial charge < -0.3 is 5.73 Å². The highest BCUT2D eigenvalue weighted by atomic mass is 35.5. The summed E-state index contributed by atoms with van der Waals surface area (Å²) in [6.45, 7) is 4.07. The molecule has 1 unspecified atom stereocenters. The topological polar surface area (TPSA) is 38.9 Å².